The SMILES string of the molecule is O=C(O)c1ccc(C2CCCN(C(=O)CCN3CCCCC3=O)C2)cc1. The van der Waals surface area contributed by atoms with Crippen LogP contribution in [0.15, 0.2) is 24.3 Å². The average Bonchev–Trinajstić information content (AvgIpc) is 2.67. The molecule has 2 aliphatic rings. The number of carbonyl (C=O) groups is 3. The second-order valence-corrected chi connectivity index (χ2v) is 7.19. The van der Waals surface area contributed by atoms with E-state index in [0.29, 0.717) is 25.9 Å². The Kier molecular flexibility index (Phi) is 5.91. The van der Waals surface area contributed by atoms with E-state index in [1.807, 2.05) is 21.9 Å². The van der Waals surface area contributed by atoms with Crippen LogP contribution in [0.1, 0.15) is 60.4 Å². The van der Waals surface area contributed by atoms with Gasteiger partial charge in [0.1, 0.15) is 0 Å². The van der Waals surface area contributed by atoms with E-state index in [-0.39, 0.29) is 23.3 Å². The number of aromatic carboxylic acids is 1. The lowest BCUT2D eigenvalue weighted by atomic mass is 9.90. The van der Waals surface area contributed by atoms with Crippen molar-refractivity contribution in [2.75, 3.05) is 26.2 Å². The van der Waals surface area contributed by atoms with Crippen LogP contribution in [0.25, 0.3) is 0 Å². The van der Waals surface area contributed by atoms with Crippen molar-refractivity contribution < 1.29 is 19.5 Å². The monoisotopic (exact) mass is 358 g/mol. The van der Waals surface area contributed by atoms with Gasteiger partial charge in [0.15, 0.2) is 0 Å². The quantitative estimate of drug-likeness (QED) is 0.877. The molecule has 2 amide bonds. The smallest absolute Gasteiger partial charge is 0.335 e. The third kappa shape index (κ3) is 4.42. The number of amides is 2. The zero-order valence-corrected chi connectivity index (χ0v) is 15.0. The van der Waals surface area contributed by atoms with E-state index in [0.717, 1.165) is 44.3 Å². The Labute approximate surface area is 153 Å². The third-order valence-electron chi connectivity index (χ3n) is 5.42. The molecule has 1 N–H and O–H groups in total. The summed E-state index contributed by atoms with van der Waals surface area (Å²) < 4.78 is 0. The number of piperidine rings is 2. The van der Waals surface area contributed by atoms with E-state index in [1.54, 1.807) is 12.1 Å². The maximum Gasteiger partial charge on any atom is 0.335 e. The predicted molar refractivity (Wildman–Crippen MR) is 97.0 cm³/mol. The number of carbonyl (C=O) groups excluding carboxylic acids is 2. The molecule has 140 valence electrons. The molecule has 0 spiro atoms. The summed E-state index contributed by atoms with van der Waals surface area (Å²) in [4.78, 5) is 39.1. The fourth-order valence-electron chi connectivity index (χ4n) is 3.86. The van der Waals surface area contributed by atoms with E-state index in [9.17, 15) is 14.4 Å². The van der Waals surface area contributed by atoms with Crippen LogP contribution < -0.4 is 0 Å². The van der Waals surface area contributed by atoms with Crippen LogP contribution in [0.5, 0.6) is 0 Å². The van der Waals surface area contributed by atoms with E-state index in [2.05, 4.69) is 0 Å². The highest BCUT2D eigenvalue weighted by Gasteiger charge is 2.26. The van der Waals surface area contributed by atoms with Crippen molar-refractivity contribution in [1.82, 2.24) is 9.80 Å². The van der Waals surface area contributed by atoms with Gasteiger partial charge in [-0.1, -0.05) is 12.1 Å². The highest BCUT2D eigenvalue weighted by Crippen LogP contribution is 2.27. The normalized spacial score (nSPS) is 20.9. The van der Waals surface area contributed by atoms with E-state index < -0.39 is 5.97 Å². The van der Waals surface area contributed by atoms with Gasteiger partial charge in [-0.15, -0.1) is 0 Å². The molecule has 2 fully saturated rings. The van der Waals surface area contributed by atoms with Gasteiger partial charge in [-0.2, -0.15) is 0 Å². The predicted octanol–water partition coefficient (Wildman–Crippen LogP) is 2.49. The van der Waals surface area contributed by atoms with Crippen molar-refractivity contribution in [3.05, 3.63) is 35.4 Å². The third-order valence-corrected chi connectivity index (χ3v) is 5.42. The minimum Gasteiger partial charge on any atom is -0.478 e. The molecule has 0 aromatic heterocycles. The van der Waals surface area contributed by atoms with Crippen LogP contribution in [-0.2, 0) is 9.59 Å². The number of carboxylic acid groups (broad SMARTS) is 1. The van der Waals surface area contributed by atoms with Gasteiger partial charge < -0.3 is 14.9 Å². The van der Waals surface area contributed by atoms with Crippen LogP contribution in [0, 0.1) is 0 Å². The fourth-order valence-corrected chi connectivity index (χ4v) is 3.86. The van der Waals surface area contributed by atoms with Crippen LogP contribution in [0.2, 0.25) is 0 Å². The van der Waals surface area contributed by atoms with Crippen molar-refractivity contribution in [3.8, 4) is 0 Å². The maximum atomic E-state index is 12.6. The summed E-state index contributed by atoms with van der Waals surface area (Å²) in [6, 6.07) is 6.96. The van der Waals surface area contributed by atoms with E-state index >= 15 is 0 Å². The molecule has 6 nitrogen and oxygen atoms in total. The number of benzene rings is 1. The minimum absolute atomic E-state index is 0.107. The minimum atomic E-state index is -0.927. The summed E-state index contributed by atoms with van der Waals surface area (Å²) in [6.45, 7) is 2.71. The molecule has 1 unspecified atom stereocenters. The number of hydrogen-bond acceptors (Lipinski definition) is 3. The van der Waals surface area contributed by atoms with Crippen molar-refractivity contribution in [2.45, 2.75) is 44.4 Å². The molecule has 1 atom stereocenters. The Bertz CT molecular complexity index is 671. The van der Waals surface area contributed by atoms with E-state index in [1.165, 1.54) is 0 Å². The first kappa shape index (κ1) is 18.4. The van der Waals surface area contributed by atoms with Crippen LogP contribution in [-0.4, -0.2) is 58.9 Å². The molecule has 2 heterocycles. The molecule has 26 heavy (non-hydrogen) atoms. The molecule has 2 aliphatic heterocycles. The summed E-state index contributed by atoms with van der Waals surface area (Å²) in [7, 11) is 0. The number of hydrogen-bond donors (Lipinski definition) is 1. The standard InChI is InChI=1S/C20H26N2O4/c23-18-5-1-2-11-21(18)13-10-19(24)22-12-3-4-17(14-22)15-6-8-16(9-7-15)20(25)26/h6-9,17H,1-5,10-14H2,(H,25,26). The topological polar surface area (TPSA) is 77.9 Å². The maximum absolute atomic E-state index is 12.6. The van der Waals surface area contributed by atoms with Gasteiger partial charge in [-0.3, -0.25) is 9.59 Å². The van der Waals surface area contributed by atoms with Gasteiger partial charge in [0, 0.05) is 44.9 Å². The number of rotatable bonds is 5. The van der Waals surface area contributed by atoms with Gasteiger partial charge in [-0.05, 0) is 43.4 Å². The summed E-state index contributed by atoms with van der Waals surface area (Å²) >= 11 is 0. The average molecular weight is 358 g/mol. The van der Waals surface area contributed by atoms with Crippen molar-refractivity contribution >= 4 is 17.8 Å². The molecule has 6 heteroatoms. The van der Waals surface area contributed by atoms with E-state index in [4.69, 9.17) is 5.11 Å². The van der Waals surface area contributed by atoms with Crippen LogP contribution in [0.4, 0.5) is 0 Å². The number of likely N-dealkylation sites (tertiary alicyclic amines) is 2. The summed E-state index contributed by atoms with van der Waals surface area (Å²) in [5, 5.41) is 9.01. The van der Waals surface area contributed by atoms with Crippen molar-refractivity contribution in [2.24, 2.45) is 0 Å². The Balaban J connectivity index is 1.54. The molecule has 0 saturated carbocycles. The van der Waals surface area contributed by atoms with Crippen molar-refractivity contribution in [1.29, 1.82) is 0 Å². The Morgan fingerprint density at radius 1 is 1.08 bits per heavy atom. The van der Waals surface area contributed by atoms with Gasteiger partial charge in [0.05, 0.1) is 5.56 Å². The zero-order chi connectivity index (χ0) is 18.5. The molecule has 1 aromatic carbocycles. The molecule has 0 radical (unpaired) electrons. The fraction of sp³-hybridized carbons (Fsp3) is 0.550. The lowest BCUT2D eigenvalue weighted by molar-refractivity contribution is -0.136. The van der Waals surface area contributed by atoms with Gasteiger partial charge >= 0.3 is 5.97 Å². The molecule has 1 aromatic rings. The van der Waals surface area contributed by atoms with Gasteiger partial charge in [-0.25, -0.2) is 4.79 Å². The Morgan fingerprint density at radius 2 is 1.85 bits per heavy atom. The summed E-state index contributed by atoms with van der Waals surface area (Å²) in [5.74, 6) is -0.411. The number of carboxylic acids is 1. The molecular weight excluding hydrogens is 332 g/mol. The lowest BCUT2D eigenvalue weighted by Gasteiger charge is -2.34. The van der Waals surface area contributed by atoms with Gasteiger partial charge in [0.25, 0.3) is 0 Å². The highest BCUT2D eigenvalue weighted by molar-refractivity contribution is 5.87. The molecule has 2 saturated heterocycles. The zero-order valence-electron chi connectivity index (χ0n) is 15.0. The molecular formula is C20H26N2O4. The van der Waals surface area contributed by atoms with Crippen LogP contribution >= 0.6 is 0 Å². The Hall–Kier alpha value is -2.37. The number of nitrogens with zero attached hydrogens (tertiary/aromatic N) is 2. The largest absolute Gasteiger partial charge is 0.478 e. The molecule has 0 bridgehead atoms. The first-order valence-corrected chi connectivity index (χ1v) is 9.43. The summed E-state index contributed by atoms with van der Waals surface area (Å²) in [6.07, 6.45) is 4.92. The molecule has 3 rings (SSSR count). The Morgan fingerprint density at radius 3 is 2.54 bits per heavy atom. The van der Waals surface area contributed by atoms with Gasteiger partial charge in [0.2, 0.25) is 11.8 Å². The first-order valence-electron chi connectivity index (χ1n) is 9.43. The second-order valence-electron chi connectivity index (χ2n) is 7.19. The van der Waals surface area contributed by atoms with Crippen molar-refractivity contribution in [3.63, 3.8) is 0 Å². The van der Waals surface area contributed by atoms with Crippen LogP contribution in [0.3, 0.4) is 0 Å². The first-order chi connectivity index (χ1) is 12.5. The second kappa shape index (κ2) is 8.34. The summed E-state index contributed by atoms with van der Waals surface area (Å²) in [5.41, 5.74) is 1.36. The highest BCUT2D eigenvalue weighted by atomic mass is 16.4. The lowest BCUT2D eigenvalue weighted by Crippen LogP contribution is -2.42. The molecule has 0 aliphatic carbocycles.